The molecule has 0 unspecified atom stereocenters. The highest BCUT2D eigenvalue weighted by Gasteiger charge is 2.37. The van der Waals surface area contributed by atoms with Crippen LogP contribution in [-0.4, -0.2) is 94.7 Å². The van der Waals surface area contributed by atoms with Crippen LogP contribution in [0.3, 0.4) is 0 Å². The quantitative estimate of drug-likeness (QED) is 0.299. The lowest BCUT2D eigenvalue weighted by Gasteiger charge is -2.27. The number of primary amides is 1. The van der Waals surface area contributed by atoms with E-state index in [9.17, 15) is 14.4 Å². The molecule has 3 fully saturated rings. The van der Waals surface area contributed by atoms with E-state index >= 15 is 0 Å². The van der Waals surface area contributed by atoms with Crippen molar-refractivity contribution in [3.8, 4) is 5.75 Å². The summed E-state index contributed by atoms with van der Waals surface area (Å²) in [7, 11) is 0. The zero-order chi connectivity index (χ0) is 34.3. The lowest BCUT2D eigenvalue weighted by molar-refractivity contribution is -0.155. The van der Waals surface area contributed by atoms with Crippen LogP contribution < -0.4 is 15.4 Å². The SMILES string of the molecule is CC(C)(C)OC(=O)CC[C@@H](C(N)=O)N1Cc2cc(O[C@H]3CCN(Cc4cc(C5CC5)c5nc(N6CCOCC6)ncc5c4)C3)ccc2C1=O. The molecule has 0 bridgehead atoms. The van der Waals surface area contributed by atoms with E-state index < -0.39 is 23.5 Å². The molecule has 4 aliphatic rings. The fraction of sp³-hybridized carbons (Fsp3) is 0.541. The number of morpholine rings is 1. The summed E-state index contributed by atoms with van der Waals surface area (Å²) in [5.41, 5.74) is 10.0. The third-order valence-corrected chi connectivity index (χ3v) is 9.66. The number of benzene rings is 2. The second-order valence-corrected chi connectivity index (χ2v) is 14.7. The summed E-state index contributed by atoms with van der Waals surface area (Å²) in [6, 6.07) is 9.13. The lowest BCUT2D eigenvalue weighted by Crippen LogP contribution is -2.45. The van der Waals surface area contributed by atoms with E-state index in [1.165, 1.54) is 28.9 Å². The van der Waals surface area contributed by atoms with Crippen molar-refractivity contribution >= 4 is 34.6 Å². The number of fused-ring (bicyclic) bond motifs is 2. The van der Waals surface area contributed by atoms with Crippen LogP contribution in [-0.2, 0) is 32.2 Å². The Morgan fingerprint density at radius 3 is 2.61 bits per heavy atom. The van der Waals surface area contributed by atoms with Gasteiger partial charge in [0.05, 0.1) is 18.7 Å². The second-order valence-electron chi connectivity index (χ2n) is 14.7. The van der Waals surface area contributed by atoms with Crippen molar-refractivity contribution in [3.63, 3.8) is 0 Å². The average Bonchev–Trinajstić information content (AvgIpc) is 3.74. The Labute approximate surface area is 286 Å². The molecule has 3 aliphatic heterocycles. The molecular formula is C37H46N6O6. The maximum Gasteiger partial charge on any atom is 0.306 e. The number of hydrogen-bond acceptors (Lipinski definition) is 10. The number of nitrogens with zero attached hydrogens (tertiary/aromatic N) is 5. The maximum absolute atomic E-state index is 13.3. The molecule has 7 rings (SSSR count). The number of ether oxygens (including phenoxy) is 3. The summed E-state index contributed by atoms with van der Waals surface area (Å²) >= 11 is 0. The summed E-state index contributed by atoms with van der Waals surface area (Å²) in [6.45, 7) is 11.2. The van der Waals surface area contributed by atoms with Crippen molar-refractivity contribution in [2.75, 3.05) is 44.3 Å². The molecule has 1 aromatic heterocycles. The predicted octanol–water partition coefficient (Wildman–Crippen LogP) is 3.93. The molecule has 260 valence electrons. The molecule has 2 amide bonds. The van der Waals surface area contributed by atoms with E-state index in [1.807, 2.05) is 18.3 Å². The smallest absolute Gasteiger partial charge is 0.306 e. The molecule has 49 heavy (non-hydrogen) atoms. The molecule has 3 aromatic rings. The summed E-state index contributed by atoms with van der Waals surface area (Å²) in [6.07, 6.45) is 5.38. The highest BCUT2D eigenvalue weighted by atomic mass is 16.6. The molecule has 2 aromatic carbocycles. The van der Waals surface area contributed by atoms with E-state index in [0.29, 0.717) is 30.4 Å². The first-order chi connectivity index (χ1) is 23.5. The lowest BCUT2D eigenvalue weighted by atomic mass is 10.0. The van der Waals surface area contributed by atoms with Crippen molar-refractivity contribution in [2.24, 2.45) is 5.73 Å². The molecule has 1 saturated carbocycles. The number of esters is 1. The topological polar surface area (TPSA) is 140 Å². The number of nitrogens with two attached hydrogens (primary N) is 1. The maximum atomic E-state index is 13.3. The Morgan fingerprint density at radius 1 is 1.08 bits per heavy atom. The summed E-state index contributed by atoms with van der Waals surface area (Å²) in [5, 5.41) is 1.09. The highest BCUT2D eigenvalue weighted by Crippen LogP contribution is 2.43. The van der Waals surface area contributed by atoms with E-state index in [-0.39, 0.29) is 31.4 Å². The van der Waals surface area contributed by atoms with Crippen LogP contribution in [0.2, 0.25) is 0 Å². The minimum absolute atomic E-state index is 0.0116. The van der Waals surface area contributed by atoms with Crippen molar-refractivity contribution in [3.05, 3.63) is 58.8 Å². The molecule has 12 heteroatoms. The number of hydrogen-bond donors (Lipinski definition) is 1. The van der Waals surface area contributed by atoms with Gasteiger partial charge in [-0.1, -0.05) is 6.07 Å². The van der Waals surface area contributed by atoms with Gasteiger partial charge in [0.25, 0.3) is 5.91 Å². The van der Waals surface area contributed by atoms with Crippen molar-refractivity contribution in [1.29, 1.82) is 0 Å². The fourth-order valence-corrected chi connectivity index (χ4v) is 7.17. The van der Waals surface area contributed by atoms with E-state index in [0.717, 1.165) is 61.6 Å². The number of carbonyl (C=O) groups excluding carboxylic acids is 3. The van der Waals surface area contributed by atoms with E-state index in [2.05, 4.69) is 21.9 Å². The largest absolute Gasteiger partial charge is 0.489 e. The van der Waals surface area contributed by atoms with Gasteiger partial charge in [-0.15, -0.1) is 0 Å². The Balaban J connectivity index is 0.974. The van der Waals surface area contributed by atoms with Gasteiger partial charge in [0.1, 0.15) is 23.5 Å². The van der Waals surface area contributed by atoms with Crippen molar-refractivity contribution < 1.29 is 28.6 Å². The number of rotatable bonds is 11. The third kappa shape index (κ3) is 7.65. The molecule has 2 N–H and O–H groups in total. The first kappa shape index (κ1) is 33.2. The van der Waals surface area contributed by atoms with Crippen LogP contribution in [0.5, 0.6) is 5.75 Å². The van der Waals surface area contributed by atoms with Gasteiger partial charge in [-0.3, -0.25) is 19.3 Å². The fourth-order valence-electron chi connectivity index (χ4n) is 7.17. The van der Waals surface area contributed by atoms with Crippen LogP contribution in [0.4, 0.5) is 5.95 Å². The Hall–Kier alpha value is -4.29. The average molecular weight is 671 g/mol. The Bertz CT molecular complexity index is 1750. The minimum Gasteiger partial charge on any atom is -0.489 e. The molecule has 12 nitrogen and oxygen atoms in total. The van der Waals surface area contributed by atoms with Gasteiger partial charge < -0.3 is 29.7 Å². The van der Waals surface area contributed by atoms with Gasteiger partial charge in [-0.2, -0.15) is 0 Å². The van der Waals surface area contributed by atoms with Crippen LogP contribution in [0.25, 0.3) is 10.9 Å². The van der Waals surface area contributed by atoms with Gasteiger partial charge in [0.2, 0.25) is 11.9 Å². The molecule has 2 saturated heterocycles. The summed E-state index contributed by atoms with van der Waals surface area (Å²) in [5.74, 6) is 0.702. The molecule has 0 radical (unpaired) electrons. The zero-order valence-electron chi connectivity index (χ0n) is 28.7. The Morgan fingerprint density at radius 2 is 1.88 bits per heavy atom. The normalized spacial score (nSPS) is 20.5. The highest BCUT2D eigenvalue weighted by molar-refractivity contribution is 6.01. The van der Waals surface area contributed by atoms with Gasteiger partial charge in [-0.05, 0) is 93.3 Å². The van der Waals surface area contributed by atoms with Crippen molar-refractivity contribution in [2.45, 2.75) is 89.6 Å². The van der Waals surface area contributed by atoms with E-state index in [1.54, 1.807) is 26.8 Å². The van der Waals surface area contributed by atoms with Gasteiger partial charge >= 0.3 is 5.97 Å². The standard InChI is InChI=1S/C37H46N6O6/c1-37(2,3)49-32(44)9-8-31(34(38)45)43-21-26-18-27(6-7-29(26)35(43)46)48-28-10-11-41(22-28)20-23-16-25-19-39-36(42-12-14-47-15-13-42)40-33(25)30(17-23)24-4-5-24/h6-7,16-19,24,28,31H,4-5,8-15,20-22H2,1-3H3,(H2,38,45)/t28-,31-/m0/s1. The Kier molecular flexibility index (Phi) is 9.19. The molecule has 0 spiro atoms. The number of carbonyl (C=O) groups is 3. The zero-order valence-corrected chi connectivity index (χ0v) is 28.7. The predicted molar refractivity (Wildman–Crippen MR) is 183 cm³/mol. The number of likely N-dealkylation sites (tertiary alicyclic amines) is 1. The van der Waals surface area contributed by atoms with Crippen LogP contribution in [0.1, 0.15) is 85.8 Å². The number of anilines is 1. The van der Waals surface area contributed by atoms with Gasteiger partial charge in [0, 0.05) is 62.8 Å². The summed E-state index contributed by atoms with van der Waals surface area (Å²) < 4.78 is 17.3. The molecule has 2 atom stereocenters. The van der Waals surface area contributed by atoms with Crippen LogP contribution >= 0.6 is 0 Å². The summed E-state index contributed by atoms with van der Waals surface area (Å²) in [4.78, 5) is 53.8. The monoisotopic (exact) mass is 670 g/mol. The second kappa shape index (κ2) is 13.5. The van der Waals surface area contributed by atoms with E-state index in [4.69, 9.17) is 29.9 Å². The van der Waals surface area contributed by atoms with Gasteiger partial charge in [0.15, 0.2) is 0 Å². The first-order valence-corrected chi connectivity index (χ1v) is 17.5. The van der Waals surface area contributed by atoms with Crippen molar-refractivity contribution in [1.82, 2.24) is 19.8 Å². The molecule has 4 heterocycles. The third-order valence-electron chi connectivity index (χ3n) is 9.66. The van der Waals surface area contributed by atoms with Crippen LogP contribution in [0.15, 0.2) is 36.5 Å². The number of aromatic nitrogens is 2. The van der Waals surface area contributed by atoms with Crippen LogP contribution in [0, 0.1) is 0 Å². The molecular weight excluding hydrogens is 624 g/mol. The van der Waals surface area contributed by atoms with Gasteiger partial charge in [-0.25, -0.2) is 9.97 Å². The minimum atomic E-state index is -0.908. The first-order valence-electron chi connectivity index (χ1n) is 17.5. The number of amides is 2. The molecule has 1 aliphatic carbocycles.